The van der Waals surface area contributed by atoms with Crippen molar-refractivity contribution >= 4 is 22.8 Å². The second kappa shape index (κ2) is 8.06. The fourth-order valence-electron chi connectivity index (χ4n) is 3.43. The molecule has 0 fully saturated rings. The molecule has 7 nitrogen and oxygen atoms in total. The number of hydrogen-bond donors (Lipinski definition) is 0. The van der Waals surface area contributed by atoms with Gasteiger partial charge < -0.3 is 9.09 Å². The van der Waals surface area contributed by atoms with Crippen LogP contribution in [0.3, 0.4) is 0 Å². The molecule has 1 aromatic carbocycles. The number of halogens is 1. The first-order valence-corrected chi connectivity index (χ1v) is 10.8. The lowest BCUT2D eigenvalue weighted by molar-refractivity contribution is 0.372. The second-order valence-electron chi connectivity index (χ2n) is 7.54. The standard InChI is InChI=1S/C21H22FN5O2S/c1-12(2)10-27-20(28)18-16(23-21(27)30-4)8-13(3)26(18)11-17-24-19(25-29-17)14-6-5-7-15(22)9-14/h5-9,12H,10-11H2,1-4H3. The maximum absolute atomic E-state index is 13.5. The summed E-state index contributed by atoms with van der Waals surface area (Å²) in [7, 11) is 0. The van der Waals surface area contributed by atoms with E-state index in [4.69, 9.17) is 4.52 Å². The summed E-state index contributed by atoms with van der Waals surface area (Å²) in [6, 6.07) is 7.91. The molecule has 4 aromatic rings. The van der Waals surface area contributed by atoms with Gasteiger partial charge in [0.05, 0.1) is 5.52 Å². The van der Waals surface area contributed by atoms with E-state index in [-0.39, 0.29) is 17.9 Å². The number of aromatic nitrogens is 5. The van der Waals surface area contributed by atoms with Gasteiger partial charge in [-0.05, 0) is 37.3 Å². The molecule has 0 unspecified atom stereocenters. The van der Waals surface area contributed by atoms with E-state index in [1.807, 2.05) is 23.8 Å². The van der Waals surface area contributed by atoms with Crippen LogP contribution in [0, 0.1) is 18.7 Å². The van der Waals surface area contributed by atoms with Crippen LogP contribution in [0.5, 0.6) is 0 Å². The Bertz CT molecular complexity index is 1270. The lowest BCUT2D eigenvalue weighted by Crippen LogP contribution is -2.27. The van der Waals surface area contributed by atoms with Gasteiger partial charge in [-0.2, -0.15) is 4.98 Å². The minimum absolute atomic E-state index is 0.0870. The van der Waals surface area contributed by atoms with E-state index < -0.39 is 0 Å². The highest BCUT2D eigenvalue weighted by molar-refractivity contribution is 7.98. The van der Waals surface area contributed by atoms with Gasteiger partial charge in [0.1, 0.15) is 17.9 Å². The van der Waals surface area contributed by atoms with Crippen molar-refractivity contribution in [2.24, 2.45) is 5.92 Å². The SMILES string of the molecule is CSc1nc2cc(C)n(Cc3nc(-c4cccc(F)c4)no3)c2c(=O)n1CC(C)C. The zero-order valence-corrected chi connectivity index (χ0v) is 18.0. The van der Waals surface area contributed by atoms with E-state index in [9.17, 15) is 9.18 Å². The lowest BCUT2D eigenvalue weighted by Gasteiger charge is -2.13. The van der Waals surface area contributed by atoms with Crippen LogP contribution in [0.15, 0.2) is 44.8 Å². The topological polar surface area (TPSA) is 78.7 Å². The lowest BCUT2D eigenvalue weighted by atomic mass is 10.2. The molecule has 4 rings (SSSR count). The molecular weight excluding hydrogens is 405 g/mol. The molecule has 0 saturated heterocycles. The summed E-state index contributed by atoms with van der Waals surface area (Å²) in [5, 5.41) is 4.65. The summed E-state index contributed by atoms with van der Waals surface area (Å²) in [6.07, 6.45) is 1.92. The molecule has 3 heterocycles. The van der Waals surface area contributed by atoms with E-state index in [0.29, 0.717) is 45.9 Å². The number of benzene rings is 1. The first-order valence-electron chi connectivity index (χ1n) is 9.60. The molecule has 0 saturated carbocycles. The first kappa shape index (κ1) is 20.3. The third kappa shape index (κ3) is 3.77. The molecule has 9 heteroatoms. The molecule has 0 aliphatic heterocycles. The summed E-state index contributed by atoms with van der Waals surface area (Å²) >= 11 is 1.46. The molecule has 0 N–H and O–H groups in total. The molecule has 0 spiro atoms. The van der Waals surface area contributed by atoms with E-state index >= 15 is 0 Å². The molecule has 3 aromatic heterocycles. The number of nitrogens with zero attached hydrogens (tertiary/aromatic N) is 5. The molecule has 0 radical (unpaired) electrons. The van der Waals surface area contributed by atoms with Gasteiger partial charge in [0, 0.05) is 17.8 Å². The maximum Gasteiger partial charge on any atom is 0.278 e. The van der Waals surface area contributed by atoms with Gasteiger partial charge in [-0.15, -0.1) is 0 Å². The van der Waals surface area contributed by atoms with Crippen molar-refractivity contribution in [1.29, 1.82) is 0 Å². The Balaban J connectivity index is 1.76. The highest BCUT2D eigenvalue weighted by atomic mass is 32.2. The second-order valence-corrected chi connectivity index (χ2v) is 8.31. The van der Waals surface area contributed by atoms with Crippen LogP contribution in [-0.2, 0) is 13.1 Å². The highest BCUT2D eigenvalue weighted by Crippen LogP contribution is 2.22. The average molecular weight is 428 g/mol. The molecular formula is C21H22FN5O2S. The van der Waals surface area contributed by atoms with Crippen LogP contribution in [0.2, 0.25) is 0 Å². The summed E-state index contributed by atoms with van der Waals surface area (Å²) in [5.41, 5.74) is 2.47. The van der Waals surface area contributed by atoms with Crippen LogP contribution in [0.1, 0.15) is 25.4 Å². The van der Waals surface area contributed by atoms with Crippen LogP contribution < -0.4 is 5.56 Å². The molecule has 0 aliphatic rings. The Hall–Kier alpha value is -2.94. The number of aryl methyl sites for hydroxylation is 1. The van der Waals surface area contributed by atoms with Crippen LogP contribution >= 0.6 is 11.8 Å². The van der Waals surface area contributed by atoms with Crippen LogP contribution in [0.25, 0.3) is 22.4 Å². The van der Waals surface area contributed by atoms with Gasteiger partial charge in [-0.3, -0.25) is 9.36 Å². The predicted octanol–water partition coefficient (Wildman–Crippen LogP) is 4.12. The number of thioether (sulfide) groups is 1. The van der Waals surface area contributed by atoms with Gasteiger partial charge in [-0.1, -0.05) is 42.9 Å². The van der Waals surface area contributed by atoms with Crippen molar-refractivity contribution in [3.63, 3.8) is 0 Å². The molecule has 0 bridgehead atoms. The Morgan fingerprint density at radius 3 is 2.70 bits per heavy atom. The third-order valence-electron chi connectivity index (χ3n) is 4.75. The minimum atomic E-state index is -0.368. The summed E-state index contributed by atoms with van der Waals surface area (Å²) in [4.78, 5) is 22.4. The minimum Gasteiger partial charge on any atom is -0.337 e. The van der Waals surface area contributed by atoms with E-state index in [1.54, 1.807) is 16.7 Å². The molecule has 0 aliphatic carbocycles. The smallest absolute Gasteiger partial charge is 0.278 e. The quantitative estimate of drug-likeness (QED) is 0.340. The molecule has 0 atom stereocenters. The van der Waals surface area contributed by atoms with Gasteiger partial charge in [-0.25, -0.2) is 9.37 Å². The Morgan fingerprint density at radius 2 is 2.00 bits per heavy atom. The summed E-state index contributed by atoms with van der Waals surface area (Å²) < 4.78 is 22.4. The third-order valence-corrected chi connectivity index (χ3v) is 5.43. The van der Waals surface area contributed by atoms with Crippen LogP contribution in [0.4, 0.5) is 4.39 Å². The first-order chi connectivity index (χ1) is 14.4. The number of fused-ring (bicyclic) bond motifs is 1. The summed E-state index contributed by atoms with van der Waals surface area (Å²) in [5.74, 6) is 0.576. The fraction of sp³-hybridized carbons (Fsp3) is 0.333. The predicted molar refractivity (Wildman–Crippen MR) is 114 cm³/mol. The van der Waals surface area contributed by atoms with E-state index in [1.165, 1.54) is 23.9 Å². The van der Waals surface area contributed by atoms with Crippen LogP contribution in [-0.4, -0.2) is 30.5 Å². The zero-order valence-electron chi connectivity index (χ0n) is 17.2. The van der Waals surface area contributed by atoms with Gasteiger partial charge in [0.2, 0.25) is 11.7 Å². The number of hydrogen-bond acceptors (Lipinski definition) is 6. The Kier molecular flexibility index (Phi) is 5.46. The molecule has 0 amide bonds. The van der Waals surface area contributed by atoms with E-state index in [0.717, 1.165) is 5.69 Å². The van der Waals surface area contributed by atoms with Gasteiger partial charge in [0.15, 0.2) is 5.16 Å². The normalized spacial score (nSPS) is 11.7. The maximum atomic E-state index is 13.5. The average Bonchev–Trinajstić information content (AvgIpc) is 3.29. The molecule has 156 valence electrons. The van der Waals surface area contributed by atoms with Crippen molar-refractivity contribution in [2.45, 2.75) is 39.0 Å². The van der Waals surface area contributed by atoms with Crippen molar-refractivity contribution in [3.05, 3.63) is 58.1 Å². The monoisotopic (exact) mass is 427 g/mol. The number of rotatable bonds is 6. The van der Waals surface area contributed by atoms with Crippen molar-refractivity contribution < 1.29 is 8.91 Å². The van der Waals surface area contributed by atoms with Crippen molar-refractivity contribution in [1.82, 2.24) is 24.3 Å². The van der Waals surface area contributed by atoms with Gasteiger partial charge in [0.25, 0.3) is 5.56 Å². The zero-order chi connectivity index (χ0) is 21.4. The summed E-state index contributed by atoms with van der Waals surface area (Å²) in [6.45, 7) is 6.87. The van der Waals surface area contributed by atoms with Crippen molar-refractivity contribution in [3.8, 4) is 11.4 Å². The van der Waals surface area contributed by atoms with E-state index in [2.05, 4.69) is 29.0 Å². The Labute approximate surface area is 176 Å². The van der Waals surface area contributed by atoms with Gasteiger partial charge >= 0.3 is 0 Å². The molecule has 30 heavy (non-hydrogen) atoms. The highest BCUT2D eigenvalue weighted by Gasteiger charge is 2.19. The largest absolute Gasteiger partial charge is 0.337 e. The fourth-order valence-corrected chi connectivity index (χ4v) is 4.00. The Morgan fingerprint density at radius 1 is 1.20 bits per heavy atom. The van der Waals surface area contributed by atoms with Crippen molar-refractivity contribution in [2.75, 3.05) is 6.26 Å².